The second-order valence-corrected chi connectivity index (χ2v) is 22.3. The summed E-state index contributed by atoms with van der Waals surface area (Å²) in [7, 11) is -17.0. The predicted octanol–water partition coefficient (Wildman–Crippen LogP) is 5.70. The molecule has 0 spiro atoms. The lowest BCUT2D eigenvalue weighted by Crippen LogP contribution is -2.46. The van der Waals surface area contributed by atoms with E-state index >= 15 is 0 Å². The third kappa shape index (κ3) is 9.77. The third-order valence-electron chi connectivity index (χ3n) is 10.1. The van der Waals surface area contributed by atoms with E-state index in [9.17, 15) is 33.7 Å². The molecule has 0 fully saturated rings. The summed E-state index contributed by atoms with van der Waals surface area (Å²) in [4.78, 5) is -0.0448. The van der Waals surface area contributed by atoms with Gasteiger partial charge in [-0.15, -0.1) is 0 Å². The van der Waals surface area contributed by atoms with Crippen LogP contribution in [0.3, 0.4) is 0 Å². The average Bonchev–Trinajstić information content (AvgIpc) is 3.18. The number of hydrogen-bond acceptors (Lipinski definition) is 8. The Morgan fingerprint density at radius 3 is 0.810 bits per heavy atom. The quantitative estimate of drug-likeness (QED) is 0.193. The molecule has 0 amide bonds. The average molecular weight is 865 g/mol. The number of aryl methyl sites for hydroxylation is 4. The lowest BCUT2D eigenvalue weighted by molar-refractivity contribution is 0.300. The molecule has 5 aromatic rings. The van der Waals surface area contributed by atoms with Gasteiger partial charge in [-0.1, -0.05) is 95.1 Å². The molecule has 0 aromatic heterocycles. The number of rotatable bonds is 8. The summed E-state index contributed by atoms with van der Waals surface area (Å²) in [5, 5.41) is 0. The Labute approximate surface area is 343 Å². The van der Waals surface area contributed by atoms with E-state index in [1.54, 1.807) is 72.8 Å². The van der Waals surface area contributed by atoms with Gasteiger partial charge < -0.3 is 0 Å². The van der Waals surface area contributed by atoms with Gasteiger partial charge in [0.15, 0.2) is 0 Å². The molecular formula is C42H48N4O8S4. The Bertz CT molecular complexity index is 2490. The van der Waals surface area contributed by atoms with Crippen molar-refractivity contribution in [3.63, 3.8) is 0 Å². The maximum Gasteiger partial charge on any atom is 0.243 e. The zero-order valence-corrected chi connectivity index (χ0v) is 36.2. The first-order valence-electron chi connectivity index (χ1n) is 18.7. The highest BCUT2D eigenvalue weighted by Gasteiger charge is 2.34. The molecule has 6 rings (SSSR count). The Morgan fingerprint density at radius 1 is 0.328 bits per heavy atom. The maximum absolute atomic E-state index is 14.4. The van der Waals surface area contributed by atoms with Crippen molar-refractivity contribution in [3.8, 4) is 0 Å². The molecule has 0 atom stereocenters. The Morgan fingerprint density at radius 2 is 0.552 bits per heavy atom. The van der Waals surface area contributed by atoms with Crippen molar-refractivity contribution in [2.24, 2.45) is 0 Å². The smallest absolute Gasteiger partial charge is 0.207 e. The largest absolute Gasteiger partial charge is 0.243 e. The van der Waals surface area contributed by atoms with Crippen LogP contribution in [0.1, 0.15) is 33.4 Å². The van der Waals surface area contributed by atoms with Crippen molar-refractivity contribution in [1.82, 2.24) is 17.2 Å². The lowest BCUT2D eigenvalue weighted by atomic mass is 10.1. The minimum absolute atomic E-state index is 0.0193. The summed E-state index contributed by atoms with van der Waals surface area (Å²) >= 11 is 0. The van der Waals surface area contributed by atoms with Crippen LogP contribution >= 0.6 is 0 Å². The standard InChI is InChI=1S/C42H48N4O8S4/c1-33-8-16-39(17-9-33)55(47,48)43-24-25-44(56(49,50)40-18-10-34(2)11-19-40)27-29-46(58(53,54)42-22-14-36(4)15-23-42)32-38-7-5-6-37(30-38)31-45(28-26-43)57(51,52)41-20-12-35(3)13-21-41/h5-23,30H,24-29,31-32H2,1-4H3. The fourth-order valence-corrected chi connectivity index (χ4v) is 12.3. The van der Waals surface area contributed by atoms with Gasteiger partial charge >= 0.3 is 0 Å². The molecular weight excluding hydrogens is 817 g/mol. The predicted molar refractivity (Wildman–Crippen MR) is 224 cm³/mol. The summed E-state index contributed by atoms with van der Waals surface area (Å²) < 4.78 is 120. The molecule has 0 saturated carbocycles. The van der Waals surface area contributed by atoms with E-state index in [1.165, 1.54) is 57.1 Å². The van der Waals surface area contributed by atoms with Crippen molar-refractivity contribution in [1.29, 1.82) is 0 Å². The molecule has 5 aromatic carbocycles. The van der Waals surface area contributed by atoms with Crippen LogP contribution in [0.2, 0.25) is 0 Å². The lowest BCUT2D eigenvalue weighted by Gasteiger charge is -2.30. The molecule has 1 aliphatic heterocycles. The van der Waals surface area contributed by atoms with E-state index in [-0.39, 0.29) is 71.9 Å². The number of nitrogens with zero attached hydrogens (tertiary/aromatic N) is 4. The normalized spacial score (nSPS) is 16.7. The molecule has 1 aliphatic rings. The second-order valence-electron chi connectivity index (χ2n) is 14.6. The van der Waals surface area contributed by atoms with Crippen LogP contribution in [0.25, 0.3) is 0 Å². The van der Waals surface area contributed by atoms with Gasteiger partial charge in [0, 0.05) is 52.4 Å². The second kappa shape index (κ2) is 17.5. The van der Waals surface area contributed by atoms with Gasteiger partial charge in [-0.25, -0.2) is 33.7 Å². The van der Waals surface area contributed by atoms with Gasteiger partial charge in [0.1, 0.15) is 0 Å². The van der Waals surface area contributed by atoms with Crippen molar-refractivity contribution in [3.05, 3.63) is 155 Å². The van der Waals surface area contributed by atoms with E-state index in [0.29, 0.717) is 11.1 Å². The van der Waals surface area contributed by atoms with Crippen LogP contribution in [0.15, 0.2) is 141 Å². The van der Waals surface area contributed by atoms with Crippen molar-refractivity contribution < 1.29 is 33.7 Å². The highest BCUT2D eigenvalue weighted by atomic mass is 32.2. The maximum atomic E-state index is 14.4. The zero-order valence-electron chi connectivity index (χ0n) is 32.9. The molecule has 16 heteroatoms. The number of hydrogen-bond donors (Lipinski definition) is 0. The first-order valence-corrected chi connectivity index (χ1v) is 24.5. The van der Waals surface area contributed by atoms with Crippen LogP contribution in [0, 0.1) is 27.7 Å². The molecule has 308 valence electrons. The zero-order chi connectivity index (χ0) is 41.9. The van der Waals surface area contributed by atoms with Gasteiger partial charge in [0.05, 0.1) is 19.6 Å². The highest BCUT2D eigenvalue weighted by molar-refractivity contribution is 7.90. The van der Waals surface area contributed by atoms with E-state index < -0.39 is 40.1 Å². The molecule has 1 heterocycles. The van der Waals surface area contributed by atoms with Crippen LogP contribution in [0.4, 0.5) is 0 Å². The van der Waals surface area contributed by atoms with E-state index in [4.69, 9.17) is 0 Å². The molecule has 58 heavy (non-hydrogen) atoms. The summed E-state index contributed by atoms with van der Waals surface area (Å²) in [6.45, 7) is 5.11. The van der Waals surface area contributed by atoms with E-state index in [0.717, 1.165) is 30.9 Å². The van der Waals surface area contributed by atoms with Crippen molar-refractivity contribution >= 4 is 40.1 Å². The summed E-state index contributed by atoms with van der Waals surface area (Å²) in [6.07, 6.45) is 0. The fraction of sp³-hybridized carbons (Fsp3) is 0.286. The minimum atomic E-state index is -4.31. The molecule has 0 radical (unpaired) electrons. The number of fused-ring (bicyclic) bond motifs is 2. The van der Waals surface area contributed by atoms with Gasteiger partial charge in [0.2, 0.25) is 40.1 Å². The Kier molecular flexibility index (Phi) is 13.1. The van der Waals surface area contributed by atoms with Crippen LogP contribution in [-0.4, -0.2) is 90.2 Å². The van der Waals surface area contributed by atoms with E-state index in [1.807, 2.05) is 27.7 Å². The first-order chi connectivity index (χ1) is 27.4. The highest BCUT2D eigenvalue weighted by Crippen LogP contribution is 2.26. The van der Waals surface area contributed by atoms with Crippen molar-refractivity contribution in [2.45, 2.75) is 60.4 Å². The van der Waals surface area contributed by atoms with Crippen molar-refractivity contribution in [2.75, 3.05) is 39.3 Å². The molecule has 0 aliphatic carbocycles. The SMILES string of the molecule is Cc1ccc(S(=O)(=O)N2CCN(S(=O)(=O)c3ccc(C)cc3)CCN(S(=O)(=O)c3ccc(C)cc3)Cc3cccc(c3)CN(S(=O)(=O)c3ccc(C)cc3)CC2)cc1. The summed E-state index contributed by atoms with van der Waals surface area (Å²) in [6, 6.07) is 32.1. The third-order valence-corrected chi connectivity index (χ3v) is 17.7. The van der Waals surface area contributed by atoms with Gasteiger partial charge in [0.25, 0.3) is 0 Å². The summed E-state index contributed by atoms with van der Waals surface area (Å²) in [5.74, 6) is 0. The molecule has 2 bridgehead atoms. The number of benzene rings is 5. The monoisotopic (exact) mass is 864 g/mol. The first kappa shape index (κ1) is 43.3. The molecule has 0 N–H and O–H groups in total. The Hall–Kier alpha value is -4.26. The van der Waals surface area contributed by atoms with Crippen LogP contribution in [0.5, 0.6) is 0 Å². The molecule has 12 nitrogen and oxygen atoms in total. The number of sulfonamides is 4. The van der Waals surface area contributed by atoms with Crippen LogP contribution < -0.4 is 0 Å². The van der Waals surface area contributed by atoms with Gasteiger partial charge in [-0.3, -0.25) is 0 Å². The topological polar surface area (TPSA) is 150 Å². The van der Waals surface area contributed by atoms with E-state index in [2.05, 4.69) is 0 Å². The molecule has 0 unspecified atom stereocenters. The fourth-order valence-electron chi connectivity index (χ4n) is 6.61. The van der Waals surface area contributed by atoms with Crippen LogP contribution in [-0.2, 0) is 53.2 Å². The summed E-state index contributed by atoms with van der Waals surface area (Å²) in [5.41, 5.74) is 4.46. The van der Waals surface area contributed by atoms with Gasteiger partial charge in [-0.2, -0.15) is 17.2 Å². The van der Waals surface area contributed by atoms with Gasteiger partial charge in [-0.05, 0) is 87.4 Å². The Balaban J connectivity index is 1.50. The molecule has 0 saturated heterocycles. The minimum Gasteiger partial charge on any atom is -0.207 e.